The number of carbonyl (C=O) groups is 1. The van der Waals surface area contributed by atoms with E-state index in [4.69, 9.17) is 9.26 Å². The molecule has 6 nitrogen and oxygen atoms in total. The summed E-state index contributed by atoms with van der Waals surface area (Å²) in [6.07, 6.45) is 0.598. The number of carbonyl (C=O) groups excluding carboxylic acids is 1. The van der Waals surface area contributed by atoms with Gasteiger partial charge in [-0.15, -0.1) is 0 Å². The SMILES string of the molecule is COc1ccc2cc(CN(C)C(=O)CCc3nc(-c4ccc(F)cc4)no3)ccc2c1. The fraction of sp³-hybridized carbons (Fsp3) is 0.208. The van der Waals surface area contributed by atoms with Crippen LogP contribution in [0.4, 0.5) is 4.39 Å². The van der Waals surface area contributed by atoms with Crippen LogP contribution in [0.25, 0.3) is 22.2 Å². The zero-order chi connectivity index (χ0) is 21.8. The monoisotopic (exact) mass is 419 g/mol. The summed E-state index contributed by atoms with van der Waals surface area (Å²) >= 11 is 0. The molecule has 0 aliphatic rings. The first-order valence-corrected chi connectivity index (χ1v) is 9.91. The Balaban J connectivity index is 1.34. The maximum absolute atomic E-state index is 13.0. The van der Waals surface area contributed by atoms with Crippen molar-refractivity contribution in [3.8, 4) is 17.1 Å². The average Bonchev–Trinajstić information content (AvgIpc) is 3.26. The number of rotatable bonds is 7. The lowest BCUT2D eigenvalue weighted by atomic mass is 10.1. The molecule has 1 heterocycles. The third kappa shape index (κ3) is 4.88. The molecule has 0 spiro atoms. The minimum atomic E-state index is -0.327. The Morgan fingerprint density at radius 2 is 1.81 bits per heavy atom. The second kappa shape index (κ2) is 8.95. The van der Waals surface area contributed by atoms with E-state index in [0.29, 0.717) is 30.2 Å². The first-order valence-electron chi connectivity index (χ1n) is 9.91. The van der Waals surface area contributed by atoms with E-state index >= 15 is 0 Å². The smallest absolute Gasteiger partial charge is 0.227 e. The van der Waals surface area contributed by atoms with Crippen molar-refractivity contribution < 1.29 is 18.4 Å². The van der Waals surface area contributed by atoms with Crippen molar-refractivity contribution >= 4 is 16.7 Å². The van der Waals surface area contributed by atoms with Crippen LogP contribution in [-0.4, -0.2) is 35.1 Å². The molecule has 4 rings (SSSR count). The van der Waals surface area contributed by atoms with E-state index in [1.165, 1.54) is 12.1 Å². The number of amides is 1. The van der Waals surface area contributed by atoms with Gasteiger partial charge in [-0.05, 0) is 58.8 Å². The molecule has 0 aliphatic heterocycles. The van der Waals surface area contributed by atoms with Gasteiger partial charge in [0.2, 0.25) is 17.6 Å². The van der Waals surface area contributed by atoms with Gasteiger partial charge < -0.3 is 14.2 Å². The molecule has 7 heteroatoms. The molecule has 0 unspecified atom stereocenters. The summed E-state index contributed by atoms with van der Waals surface area (Å²) in [6, 6.07) is 17.9. The maximum atomic E-state index is 13.0. The first-order chi connectivity index (χ1) is 15.0. The fourth-order valence-corrected chi connectivity index (χ4v) is 3.34. The van der Waals surface area contributed by atoms with Crippen molar-refractivity contribution in [3.05, 3.63) is 77.9 Å². The van der Waals surface area contributed by atoms with Gasteiger partial charge >= 0.3 is 0 Å². The van der Waals surface area contributed by atoms with Crippen LogP contribution < -0.4 is 4.74 Å². The maximum Gasteiger partial charge on any atom is 0.227 e. The summed E-state index contributed by atoms with van der Waals surface area (Å²) in [5.41, 5.74) is 1.71. The number of nitrogens with zero attached hydrogens (tertiary/aromatic N) is 3. The Bertz CT molecular complexity index is 1200. The molecular weight excluding hydrogens is 397 g/mol. The van der Waals surface area contributed by atoms with E-state index in [2.05, 4.69) is 16.2 Å². The number of benzene rings is 3. The molecule has 1 amide bonds. The van der Waals surface area contributed by atoms with Gasteiger partial charge in [-0.1, -0.05) is 23.4 Å². The van der Waals surface area contributed by atoms with Gasteiger partial charge in [0.1, 0.15) is 11.6 Å². The number of hydrogen-bond acceptors (Lipinski definition) is 5. The van der Waals surface area contributed by atoms with Gasteiger partial charge in [-0.2, -0.15) is 4.98 Å². The first kappa shape index (κ1) is 20.5. The molecular formula is C24H22FN3O3. The van der Waals surface area contributed by atoms with Crippen LogP contribution >= 0.6 is 0 Å². The molecule has 0 fully saturated rings. The van der Waals surface area contributed by atoms with E-state index < -0.39 is 0 Å². The lowest BCUT2D eigenvalue weighted by molar-refractivity contribution is -0.130. The minimum Gasteiger partial charge on any atom is -0.497 e. The summed E-state index contributed by atoms with van der Waals surface area (Å²) < 4.78 is 23.5. The summed E-state index contributed by atoms with van der Waals surface area (Å²) in [5, 5.41) is 6.09. The van der Waals surface area contributed by atoms with Crippen LogP contribution in [0.3, 0.4) is 0 Å². The van der Waals surface area contributed by atoms with Gasteiger partial charge in [0.05, 0.1) is 7.11 Å². The zero-order valence-electron chi connectivity index (χ0n) is 17.3. The predicted octanol–water partition coefficient (Wildman–Crippen LogP) is 4.63. The minimum absolute atomic E-state index is 0.0173. The van der Waals surface area contributed by atoms with Crippen molar-refractivity contribution in [2.45, 2.75) is 19.4 Å². The van der Waals surface area contributed by atoms with Crippen LogP contribution in [-0.2, 0) is 17.8 Å². The molecule has 0 N–H and O–H groups in total. The Kier molecular flexibility index (Phi) is 5.93. The average molecular weight is 419 g/mol. The number of fused-ring (bicyclic) bond motifs is 1. The molecule has 0 aliphatic carbocycles. The molecule has 0 bridgehead atoms. The van der Waals surface area contributed by atoms with Crippen LogP contribution in [0.1, 0.15) is 17.9 Å². The molecule has 3 aromatic carbocycles. The van der Waals surface area contributed by atoms with Crippen LogP contribution in [0.5, 0.6) is 5.75 Å². The largest absolute Gasteiger partial charge is 0.497 e. The molecule has 0 saturated heterocycles. The van der Waals surface area contributed by atoms with E-state index in [-0.39, 0.29) is 18.1 Å². The molecule has 31 heavy (non-hydrogen) atoms. The molecule has 0 atom stereocenters. The summed E-state index contributed by atoms with van der Waals surface area (Å²) in [5.74, 6) is 1.23. The highest BCUT2D eigenvalue weighted by Gasteiger charge is 2.14. The van der Waals surface area contributed by atoms with Gasteiger partial charge in [0, 0.05) is 32.0 Å². The van der Waals surface area contributed by atoms with Crippen LogP contribution in [0, 0.1) is 5.82 Å². The van der Waals surface area contributed by atoms with Crippen molar-refractivity contribution in [2.75, 3.05) is 14.2 Å². The van der Waals surface area contributed by atoms with Crippen molar-refractivity contribution in [2.24, 2.45) is 0 Å². The third-order valence-electron chi connectivity index (χ3n) is 5.08. The second-order valence-electron chi connectivity index (χ2n) is 7.32. The standard InChI is InChI=1S/C24H22FN3O3/c1-28(15-16-3-4-19-14-21(30-2)10-7-18(19)13-16)23(29)12-11-22-26-24(27-31-22)17-5-8-20(25)9-6-17/h3-10,13-14H,11-12,15H2,1-2H3. The topological polar surface area (TPSA) is 68.5 Å². The predicted molar refractivity (Wildman–Crippen MR) is 115 cm³/mol. The molecule has 158 valence electrons. The van der Waals surface area contributed by atoms with Crippen molar-refractivity contribution in [1.82, 2.24) is 15.0 Å². The van der Waals surface area contributed by atoms with Crippen LogP contribution in [0.15, 0.2) is 65.2 Å². The Labute approximate surface area is 179 Å². The lowest BCUT2D eigenvalue weighted by Gasteiger charge is -2.17. The van der Waals surface area contributed by atoms with Gasteiger partial charge in [-0.3, -0.25) is 4.79 Å². The number of methoxy groups -OCH3 is 1. The normalized spacial score (nSPS) is 10.9. The quantitative estimate of drug-likeness (QED) is 0.437. The number of aryl methyl sites for hydroxylation is 1. The Morgan fingerprint density at radius 3 is 2.58 bits per heavy atom. The van der Waals surface area contributed by atoms with Gasteiger partial charge in [0.25, 0.3) is 0 Å². The molecule has 1 aromatic heterocycles. The third-order valence-corrected chi connectivity index (χ3v) is 5.08. The summed E-state index contributed by atoms with van der Waals surface area (Å²) in [7, 11) is 3.42. The lowest BCUT2D eigenvalue weighted by Crippen LogP contribution is -2.26. The summed E-state index contributed by atoms with van der Waals surface area (Å²) in [6.45, 7) is 0.505. The van der Waals surface area contributed by atoms with E-state index in [9.17, 15) is 9.18 Å². The molecule has 4 aromatic rings. The van der Waals surface area contributed by atoms with Crippen molar-refractivity contribution in [3.63, 3.8) is 0 Å². The fourth-order valence-electron chi connectivity index (χ4n) is 3.34. The number of halogens is 1. The highest BCUT2D eigenvalue weighted by Crippen LogP contribution is 2.22. The number of hydrogen-bond donors (Lipinski definition) is 0. The van der Waals surface area contributed by atoms with E-state index in [1.807, 2.05) is 30.3 Å². The van der Waals surface area contributed by atoms with Crippen molar-refractivity contribution in [1.29, 1.82) is 0 Å². The highest BCUT2D eigenvalue weighted by atomic mass is 19.1. The zero-order valence-corrected chi connectivity index (χ0v) is 17.3. The van der Waals surface area contributed by atoms with Gasteiger partial charge in [0.15, 0.2) is 0 Å². The van der Waals surface area contributed by atoms with Gasteiger partial charge in [-0.25, -0.2) is 4.39 Å². The Morgan fingerprint density at radius 1 is 1.06 bits per heavy atom. The summed E-state index contributed by atoms with van der Waals surface area (Å²) in [4.78, 5) is 18.5. The Hall–Kier alpha value is -3.74. The van der Waals surface area contributed by atoms with Crippen LogP contribution in [0.2, 0.25) is 0 Å². The number of aromatic nitrogens is 2. The highest BCUT2D eigenvalue weighted by molar-refractivity contribution is 5.84. The molecule has 0 saturated carbocycles. The molecule has 0 radical (unpaired) electrons. The van der Waals surface area contributed by atoms with E-state index in [0.717, 1.165) is 22.1 Å². The van der Waals surface area contributed by atoms with E-state index in [1.54, 1.807) is 31.2 Å². The second-order valence-corrected chi connectivity index (χ2v) is 7.32. The number of ether oxygens (including phenoxy) is 1.